The van der Waals surface area contributed by atoms with E-state index >= 15 is 0 Å². The average molecular weight is 2220 g/mol. The molecule has 0 radical (unpaired) electrons. The average Bonchev–Trinajstić information content (AvgIpc) is 1.54. The normalized spacial score (nSPS) is 13.8. The number of anilines is 8. The molecule has 13 heteroatoms. The van der Waals surface area contributed by atoms with Crippen molar-refractivity contribution >= 4 is 179 Å². The van der Waals surface area contributed by atoms with Gasteiger partial charge in [0.15, 0.2) is 0 Å². The van der Waals surface area contributed by atoms with E-state index in [0.29, 0.717) is 5.46 Å². The Balaban J connectivity index is 0.000000109. The molecule has 0 unspecified atom stereocenters. The van der Waals surface area contributed by atoms with Gasteiger partial charge >= 0.3 is 7.12 Å². The molecular weight excluding hydrogens is 2110 g/mol. The molecule has 0 amide bonds. The first-order valence-electron chi connectivity index (χ1n) is 51.2. The first-order valence-corrected chi connectivity index (χ1v) is 55.7. The number of fused-ring (bicyclic) bond motifs is 19. The number of halogens is 3. The number of hydrogen-bond acceptors (Lipinski definition) is 7. The van der Waals surface area contributed by atoms with Crippen molar-refractivity contribution in [2.45, 2.75) is 96.3 Å². The van der Waals surface area contributed by atoms with Crippen LogP contribution in [0.5, 0.6) is 0 Å². The van der Waals surface area contributed by atoms with E-state index in [-0.39, 0.29) is 27.1 Å². The summed E-state index contributed by atoms with van der Waals surface area (Å²) in [5, 5.41) is 31.9. The predicted octanol–water partition coefficient (Wildman–Crippen LogP) is 38.1. The smallest absolute Gasteiger partial charge is 0.423 e. The summed E-state index contributed by atoms with van der Waals surface area (Å²) in [6.07, 6.45) is 0. The zero-order valence-electron chi connectivity index (χ0n) is 85.1. The molecule has 4 aromatic heterocycles. The van der Waals surface area contributed by atoms with Crippen molar-refractivity contribution < 1.29 is 10.0 Å². The minimum absolute atomic E-state index is 0.0286. The van der Waals surface area contributed by atoms with Crippen LogP contribution < -0.4 is 20.6 Å². The van der Waals surface area contributed by atoms with Crippen LogP contribution in [0.3, 0.4) is 0 Å². The molecule has 0 saturated heterocycles. The van der Waals surface area contributed by atoms with Crippen LogP contribution in [0, 0.1) is 3.57 Å². The summed E-state index contributed by atoms with van der Waals surface area (Å²) < 4.78 is 8.31. The molecule has 2 aliphatic heterocycles. The van der Waals surface area contributed by atoms with Gasteiger partial charge in [0.1, 0.15) is 0 Å². The highest BCUT2D eigenvalue weighted by molar-refractivity contribution is 14.1. The van der Waals surface area contributed by atoms with Gasteiger partial charge in [-0.05, 0) is 325 Å². The van der Waals surface area contributed by atoms with E-state index < -0.39 is 7.12 Å². The van der Waals surface area contributed by atoms with Gasteiger partial charge in [-0.15, -0.1) is 22.7 Å². The zero-order valence-corrected chi connectivity index (χ0v) is 92.1. The lowest BCUT2D eigenvalue weighted by atomic mass is 9.79. The summed E-state index contributed by atoms with van der Waals surface area (Å²) in [7, 11) is -1.45. The molecule has 0 bridgehead atoms. The van der Waals surface area contributed by atoms with E-state index in [9.17, 15) is 10.0 Å². The van der Waals surface area contributed by atoms with Crippen molar-refractivity contribution in [1.29, 1.82) is 0 Å². The van der Waals surface area contributed by atoms with Crippen molar-refractivity contribution in [2.75, 3.05) is 15.1 Å². The van der Waals surface area contributed by atoms with Gasteiger partial charge < -0.3 is 34.3 Å². The maximum absolute atomic E-state index is 9.54. The number of nitrogens with zero attached hydrogens (tertiary/aromatic N) is 4. The molecule has 150 heavy (non-hydrogen) atoms. The van der Waals surface area contributed by atoms with E-state index in [2.05, 4.69) is 571 Å². The van der Waals surface area contributed by atoms with E-state index in [1.165, 1.54) is 180 Å². The lowest BCUT2D eigenvalue weighted by Crippen LogP contribution is -2.29. The third kappa shape index (κ3) is 17.3. The van der Waals surface area contributed by atoms with E-state index in [4.69, 9.17) is 0 Å². The third-order valence-electron chi connectivity index (χ3n) is 31.5. The van der Waals surface area contributed by atoms with Gasteiger partial charge in [-0.3, -0.25) is 0 Å². The van der Waals surface area contributed by atoms with Crippen LogP contribution in [0.4, 0.5) is 45.5 Å². The Morgan fingerprint density at radius 3 is 0.980 bits per heavy atom. The van der Waals surface area contributed by atoms with Crippen LogP contribution >= 0.6 is 77.1 Å². The Labute approximate surface area is 916 Å². The maximum atomic E-state index is 9.54. The zero-order chi connectivity index (χ0) is 103. The molecule has 23 aromatic rings. The van der Waals surface area contributed by atoms with Crippen LogP contribution in [0.1, 0.15) is 123 Å². The largest absolute Gasteiger partial charge is 0.488 e. The van der Waals surface area contributed by atoms with Crippen molar-refractivity contribution in [1.82, 2.24) is 9.13 Å². The van der Waals surface area contributed by atoms with Gasteiger partial charge in [0, 0.05) is 116 Å². The Morgan fingerprint density at radius 1 is 0.260 bits per heavy atom. The fourth-order valence-corrected chi connectivity index (χ4v) is 26.6. The topological polar surface area (TPSA) is 68.8 Å². The molecule has 7 nitrogen and oxygen atoms in total. The summed E-state index contributed by atoms with van der Waals surface area (Å²) in [5.74, 6) is 0. The SMILES string of the molecule is Brc1ccc(I)cc1.CC1(C)c2ccccc2-c2ccc(N(c3ccc(-c4ccccc4)cc3)c3ccc(-c4ccc5c(c4)c4cccc6c4n5-c4ccsc4C6(C)C)cc3)cc21.CC1(C)c2ccccc2-c2ccc(N(c3ccc(Br)cc3)c3ccc(-c4ccccc4)cc3)cc21.CC1(C)c2ccccc2-c2ccc(Nc3ccc(-c4ccccc4)cc3)cc21.CC1(C)c2sccc2-n2c3ccc(B(O)O)cc3c3cccc1c32. The van der Waals surface area contributed by atoms with Gasteiger partial charge in [-0.25, -0.2) is 0 Å². The van der Waals surface area contributed by atoms with Gasteiger partial charge in [-0.1, -0.05) is 386 Å². The number of thiophene rings is 2. The first-order chi connectivity index (χ1) is 72.7. The minimum atomic E-state index is -1.45. The molecule has 3 aliphatic carbocycles. The number of para-hydroxylation sites is 2. The Hall–Kier alpha value is -14.7. The van der Waals surface area contributed by atoms with Crippen molar-refractivity contribution in [3.05, 3.63) is 526 Å². The fourth-order valence-electron chi connectivity index (χ4n) is 23.7. The number of benzene rings is 19. The Morgan fingerprint density at radius 2 is 0.573 bits per heavy atom. The lowest BCUT2D eigenvalue weighted by Gasteiger charge is -2.32. The second kappa shape index (κ2) is 39.0. The summed E-state index contributed by atoms with van der Waals surface area (Å²) in [4.78, 5) is 7.55. The van der Waals surface area contributed by atoms with Gasteiger partial charge in [0.25, 0.3) is 0 Å². The number of nitrogens with one attached hydrogen (secondary N) is 1. The standard InChI is InChI=1S/C52H40N2S.C33H26BrN.C27H23N.C19H16BNO2S.C6H4BrI/c1-51(2)44-15-9-8-13-40(44)41-27-26-39(32-46(41)51)53(37-22-17-34(18-23-37)33-11-6-5-7-12-33)38-24-19-35(20-25-38)36-21-28-47-43(31-36)42-14-10-16-45-49(42)54(47)48-29-30-55-50(48)52(45,3)4;1-33(2)31-11-7-6-10-29(31)30-21-20-28(22-32(30)33)35(27-18-14-25(34)15-19-27)26-16-12-24(13-17-26)23-8-4-3-5-9-23;1-27(2)25-11-7-6-10-23(25)24-17-16-22(18-26(24)27)28-21-14-12-20(13-15-21)19-8-4-3-5-9-19;1-19(2)14-5-3-4-12-13-10-11(20(22)23)6-7-15(13)21(17(12)14)16-8-9-24-18(16)19;7-5-1-3-6(8)4-2-5/h5-32H,1-4H3;3-22H,1-2H3;3-18,28H,1-2H3;3-10,22-23H,1-2H3;1-4H. The molecule has 0 saturated carbocycles. The summed E-state index contributed by atoms with van der Waals surface area (Å²) >= 11 is 12.9. The molecule has 0 fully saturated rings. The van der Waals surface area contributed by atoms with Crippen LogP contribution in [0.25, 0.3) is 133 Å². The van der Waals surface area contributed by atoms with Crippen LogP contribution in [-0.2, 0) is 27.1 Å². The number of rotatable bonds is 13. The monoisotopic (exact) mass is 2220 g/mol. The molecule has 730 valence electrons. The maximum Gasteiger partial charge on any atom is 0.488 e. The molecule has 5 aliphatic rings. The van der Waals surface area contributed by atoms with Gasteiger partial charge in [0.2, 0.25) is 0 Å². The highest BCUT2D eigenvalue weighted by atomic mass is 127. The predicted molar refractivity (Wildman–Crippen MR) is 652 cm³/mol. The lowest BCUT2D eigenvalue weighted by molar-refractivity contribution is 0.426. The third-order valence-corrected chi connectivity index (χ3v) is 35.7. The molecule has 0 spiro atoms. The van der Waals surface area contributed by atoms with Gasteiger partial charge in [-0.2, -0.15) is 0 Å². The van der Waals surface area contributed by atoms with E-state index in [1.54, 1.807) is 17.4 Å². The second-order valence-corrected chi connectivity index (χ2v) is 47.1. The summed E-state index contributed by atoms with van der Waals surface area (Å²) in [6.45, 7) is 23.3. The van der Waals surface area contributed by atoms with E-state index in [1.807, 2.05) is 41.7 Å². The number of aromatic nitrogens is 2. The van der Waals surface area contributed by atoms with Crippen molar-refractivity contribution in [3.8, 4) is 89.3 Å². The van der Waals surface area contributed by atoms with Crippen LogP contribution in [0.2, 0.25) is 0 Å². The van der Waals surface area contributed by atoms with Crippen LogP contribution in [-0.4, -0.2) is 26.3 Å². The quantitative estimate of drug-likeness (QED) is 0.0793. The Kier molecular flexibility index (Phi) is 25.3. The highest BCUT2D eigenvalue weighted by Gasteiger charge is 2.42. The second-order valence-electron chi connectivity index (χ2n) is 42.2. The summed E-state index contributed by atoms with van der Waals surface area (Å²) in [6, 6.07) is 162. The number of hydrogen-bond donors (Lipinski definition) is 3. The van der Waals surface area contributed by atoms with Crippen molar-refractivity contribution in [2.24, 2.45) is 0 Å². The van der Waals surface area contributed by atoms with Crippen molar-refractivity contribution in [3.63, 3.8) is 0 Å². The minimum Gasteiger partial charge on any atom is -0.423 e. The first kappa shape index (κ1) is 97.3. The summed E-state index contributed by atoms with van der Waals surface area (Å²) in [5.41, 5.74) is 45.9. The van der Waals surface area contributed by atoms with Gasteiger partial charge in [0.05, 0.1) is 33.4 Å². The molecule has 0 atom stereocenters. The fraction of sp³-hybridized carbons (Fsp3) is 0.109. The molecule has 28 rings (SSSR count). The molecular formula is C137H109BBr2IN5O2S2. The Bertz CT molecular complexity index is 9090. The molecule has 3 N–H and O–H groups in total. The molecule has 6 heterocycles. The van der Waals surface area contributed by atoms with E-state index in [0.717, 1.165) is 65.0 Å². The van der Waals surface area contributed by atoms with Crippen LogP contribution in [0.15, 0.2) is 469 Å². The highest BCUT2D eigenvalue weighted by Crippen LogP contribution is 2.57. The molecule has 19 aromatic carbocycles.